The Bertz CT molecular complexity index is 608. The number of aromatic nitrogens is 1. The molecule has 1 N–H and O–H groups in total. The Kier molecular flexibility index (Phi) is 4.48. The lowest BCUT2D eigenvalue weighted by Crippen LogP contribution is -2.23. The van der Waals surface area contributed by atoms with Crippen molar-refractivity contribution in [2.45, 2.75) is 32.5 Å². The van der Waals surface area contributed by atoms with Crippen LogP contribution >= 0.6 is 0 Å². The first-order valence-corrected chi connectivity index (χ1v) is 6.92. The number of benzene rings is 1. The zero-order chi connectivity index (χ0) is 15.5. The van der Waals surface area contributed by atoms with Gasteiger partial charge in [-0.25, -0.2) is 0 Å². The van der Waals surface area contributed by atoms with Gasteiger partial charge >= 0.3 is 0 Å². The summed E-state index contributed by atoms with van der Waals surface area (Å²) in [6.07, 6.45) is 3.35. The summed E-state index contributed by atoms with van der Waals surface area (Å²) >= 11 is 0. The molecule has 1 aromatic carbocycles. The predicted molar refractivity (Wildman–Crippen MR) is 81.7 cm³/mol. The molecule has 1 aromatic heterocycles. The van der Waals surface area contributed by atoms with Crippen LogP contribution in [-0.4, -0.2) is 23.3 Å². The summed E-state index contributed by atoms with van der Waals surface area (Å²) in [6, 6.07) is 9.18. The van der Waals surface area contributed by atoms with E-state index in [0.717, 1.165) is 5.56 Å². The van der Waals surface area contributed by atoms with Crippen LogP contribution in [0, 0.1) is 0 Å². The third kappa shape index (κ3) is 3.52. The van der Waals surface area contributed by atoms with E-state index in [4.69, 9.17) is 9.47 Å². The van der Waals surface area contributed by atoms with Crippen molar-refractivity contribution in [2.75, 3.05) is 7.11 Å². The van der Waals surface area contributed by atoms with E-state index in [1.54, 1.807) is 26.4 Å². The molecule has 0 amide bonds. The summed E-state index contributed by atoms with van der Waals surface area (Å²) in [5.41, 5.74) is 0.247. The molecule has 0 aliphatic carbocycles. The fourth-order valence-corrected chi connectivity index (χ4v) is 2.11. The van der Waals surface area contributed by atoms with Crippen molar-refractivity contribution in [1.29, 1.82) is 0 Å². The highest BCUT2D eigenvalue weighted by molar-refractivity contribution is 5.40. The molecule has 112 valence electrons. The second-order valence-corrected chi connectivity index (χ2v) is 5.38. The molecule has 21 heavy (non-hydrogen) atoms. The molecule has 0 fully saturated rings. The van der Waals surface area contributed by atoms with Crippen molar-refractivity contribution in [3.63, 3.8) is 0 Å². The van der Waals surface area contributed by atoms with Crippen LogP contribution in [0.2, 0.25) is 0 Å². The number of nitrogens with zero attached hydrogens (tertiary/aromatic N) is 1. The molecule has 4 heteroatoms. The van der Waals surface area contributed by atoms with Gasteiger partial charge in [0.2, 0.25) is 0 Å². The van der Waals surface area contributed by atoms with E-state index < -0.39 is 5.60 Å². The molecule has 1 atom stereocenters. The van der Waals surface area contributed by atoms with Crippen molar-refractivity contribution < 1.29 is 14.6 Å². The van der Waals surface area contributed by atoms with Gasteiger partial charge in [0.05, 0.1) is 19.4 Å². The lowest BCUT2D eigenvalue weighted by Gasteiger charge is -2.25. The number of hydrogen-bond donors (Lipinski definition) is 1. The maximum atomic E-state index is 10.9. The fraction of sp³-hybridized carbons (Fsp3) is 0.353. The van der Waals surface area contributed by atoms with Crippen LogP contribution in [0.25, 0.3) is 0 Å². The van der Waals surface area contributed by atoms with Crippen molar-refractivity contribution in [2.24, 2.45) is 0 Å². The summed E-state index contributed by atoms with van der Waals surface area (Å²) in [6.45, 7) is 5.64. The van der Waals surface area contributed by atoms with E-state index in [1.165, 1.54) is 0 Å². The topological polar surface area (TPSA) is 51.6 Å². The van der Waals surface area contributed by atoms with Crippen LogP contribution in [0.15, 0.2) is 42.7 Å². The van der Waals surface area contributed by atoms with Crippen LogP contribution < -0.4 is 9.47 Å². The second kappa shape index (κ2) is 6.14. The lowest BCUT2D eigenvalue weighted by atomic mass is 9.89. The van der Waals surface area contributed by atoms with Gasteiger partial charge in [-0.3, -0.25) is 4.98 Å². The smallest absolute Gasteiger partial charge is 0.138 e. The molecule has 0 aliphatic rings. The molecule has 1 heterocycles. The van der Waals surface area contributed by atoms with Gasteiger partial charge < -0.3 is 14.6 Å². The maximum Gasteiger partial charge on any atom is 0.138 e. The molecule has 0 aliphatic heterocycles. The first kappa shape index (κ1) is 15.3. The Morgan fingerprint density at radius 2 is 1.81 bits per heavy atom. The molecule has 0 saturated carbocycles. The molecular formula is C17H21NO3. The summed E-state index contributed by atoms with van der Waals surface area (Å²) in [7, 11) is 1.60. The van der Waals surface area contributed by atoms with Gasteiger partial charge in [0, 0.05) is 11.8 Å². The number of pyridine rings is 1. The van der Waals surface area contributed by atoms with Crippen molar-refractivity contribution in [1.82, 2.24) is 4.98 Å². The van der Waals surface area contributed by atoms with E-state index in [-0.39, 0.29) is 6.10 Å². The Morgan fingerprint density at radius 1 is 1.10 bits per heavy atom. The minimum Gasteiger partial charge on any atom is -0.497 e. The van der Waals surface area contributed by atoms with Crippen LogP contribution in [-0.2, 0) is 5.60 Å². The number of hydrogen-bond acceptors (Lipinski definition) is 4. The molecule has 2 rings (SSSR count). The molecule has 1 unspecified atom stereocenters. The van der Waals surface area contributed by atoms with Crippen LogP contribution in [0.3, 0.4) is 0 Å². The van der Waals surface area contributed by atoms with Crippen molar-refractivity contribution >= 4 is 0 Å². The lowest BCUT2D eigenvalue weighted by molar-refractivity contribution is 0.101. The second-order valence-electron chi connectivity index (χ2n) is 5.38. The van der Waals surface area contributed by atoms with Gasteiger partial charge in [-0.05, 0) is 44.5 Å². The molecule has 0 spiro atoms. The Balaban J connectivity index is 2.38. The van der Waals surface area contributed by atoms with E-state index in [0.29, 0.717) is 17.1 Å². The third-order valence-corrected chi connectivity index (χ3v) is 3.28. The number of rotatable bonds is 5. The first-order valence-electron chi connectivity index (χ1n) is 6.92. The van der Waals surface area contributed by atoms with Crippen LogP contribution in [0.5, 0.6) is 11.5 Å². The minimum absolute atomic E-state index is 0.0591. The standard InChI is InChI=1S/C17H21NO3/c1-12(2)21-16-9-14(10-18-11-16)17(3,19)13-6-5-7-15(8-13)20-4/h5-12,19H,1-4H3. The van der Waals surface area contributed by atoms with Gasteiger partial charge in [0.1, 0.15) is 17.1 Å². The maximum absolute atomic E-state index is 10.9. The first-order chi connectivity index (χ1) is 9.93. The highest BCUT2D eigenvalue weighted by Crippen LogP contribution is 2.32. The normalized spacial score (nSPS) is 13.8. The molecular weight excluding hydrogens is 266 g/mol. The highest BCUT2D eigenvalue weighted by Gasteiger charge is 2.27. The summed E-state index contributed by atoms with van der Waals surface area (Å²) in [4.78, 5) is 4.16. The Hall–Kier alpha value is -2.07. The average Bonchev–Trinajstić information content (AvgIpc) is 2.47. The largest absolute Gasteiger partial charge is 0.497 e. The number of aliphatic hydroxyl groups is 1. The van der Waals surface area contributed by atoms with Crippen molar-refractivity contribution in [3.05, 3.63) is 53.9 Å². The number of ether oxygens (including phenoxy) is 2. The minimum atomic E-state index is -1.17. The molecule has 4 nitrogen and oxygen atoms in total. The Labute approximate surface area is 125 Å². The zero-order valence-corrected chi connectivity index (χ0v) is 12.8. The van der Waals surface area contributed by atoms with E-state index in [2.05, 4.69) is 4.98 Å². The SMILES string of the molecule is COc1cccc(C(C)(O)c2cncc(OC(C)C)c2)c1. The summed E-state index contributed by atoms with van der Waals surface area (Å²) in [5, 5.41) is 10.9. The Morgan fingerprint density at radius 3 is 2.48 bits per heavy atom. The van der Waals surface area contributed by atoms with E-state index in [9.17, 15) is 5.11 Å². The predicted octanol–water partition coefficient (Wildman–Crippen LogP) is 3.13. The van der Waals surface area contributed by atoms with E-state index in [1.807, 2.05) is 44.2 Å². The monoisotopic (exact) mass is 287 g/mol. The van der Waals surface area contributed by atoms with Crippen molar-refractivity contribution in [3.8, 4) is 11.5 Å². The van der Waals surface area contributed by atoms with Gasteiger partial charge in [0.25, 0.3) is 0 Å². The number of methoxy groups -OCH3 is 1. The quantitative estimate of drug-likeness (QED) is 0.918. The van der Waals surface area contributed by atoms with Gasteiger partial charge in [0.15, 0.2) is 0 Å². The molecule has 2 aromatic rings. The van der Waals surface area contributed by atoms with Gasteiger partial charge in [-0.1, -0.05) is 12.1 Å². The molecule has 0 saturated heterocycles. The highest BCUT2D eigenvalue weighted by atomic mass is 16.5. The third-order valence-electron chi connectivity index (χ3n) is 3.28. The summed E-state index contributed by atoms with van der Waals surface area (Å²) in [5.74, 6) is 1.35. The summed E-state index contributed by atoms with van der Waals surface area (Å²) < 4.78 is 10.8. The molecule has 0 bridgehead atoms. The zero-order valence-electron chi connectivity index (χ0n) is 12.8. The fourth-order valence-electron chi connectivity index (χ4n) is 2.11. The van der Waals surface area contributed by atoms with Crippen LogP contribution in [0.4, 0.5) is 0 Å². The van der Waals surface area contributed by atoms with Gasteiger partial charge in [-0.15, -0.1) is 0 Å². The van der Waals surface area contributed by atoms with E-state index >= 15 is 0 Å². The molecule has 0 radical (unpaired) electrons. The van der Waals surface area contributed by atoms with Crippen LogP contribution in [0.1, 0.15) is 31.9 Å². The average molecular weight is 287 g/mol. The van der Waals surface area contributed by atoms with Gasteiger partial charge in [-0.2, -0.15) is 0 Å².